The van der Waals surface area contributed by atoms with Crippen molar-refractivity contribution in [2.45, 2.75) is 12.8 Å². The molecule has 1 aliphatic heterocycles. The second-order valence-electron chi connectivity index (χ2n) is 2.72. The summed E-state index contributed by atoms with van der Waals surface area (Å²) in [5, 5.41) is 0. The molecule has 0 aromatic rings. The molecule has 1 saturated heterocycles. The SMILES string of the molecule is C=CC[P]1(S)CCCC1. The van der Waals surface area contributed by atoms with Gasteiger partial charge in [-0.25, -0.2) is 0 Å². The molecule has 1 rings (SSSR count). The minimum Gasteiger partial charge on any atom is -0.156 e. The summed E-state index contributed by atoms with van der Waals surface area (Å²) < 4.78 is 0. The van der Waals surface area contributed by atoms with Crippen LogP contribution < -0.4 is 0 Å². The molecule has 0 spiro atoms. The fourth-order valence-electron chi connectivity index (χ4n) is 1.35. The van der Waals surface area contributed by atoms with Gasteiger partial charge >= 0.3 is 0 Å². The molecular weight excluding hydrogens is 147 g/mol. The first-order chi connectivity index (χ1) is 4.27. The van der Waals surface area contributed by atoms with E-state index < -0.39 is 6.46 Å². The van der Waals surface area contributed by atoms with Crippen LogP contribution in [0.25, 0.3) is 0 Å². The maximum atomic E-state index is 4.70. The van der Waals surface area contributed by atoms with Crippen molar-refractivity contribution in [1.82, 2.24) is 0 Å². The molecule has 0 N–H and O–H groups in total. The molecule has 0 aromatic carbocycles. The van der Waals surface area contributed by atoms with E-state index in [9.17, 15) is 0 Å². The summed E-state index contributed by atoms with van der Waals surface area (Å²) in [5.41, 5.74) is 0. The molecule has 0 unspecified atom stereocenters. The highest BCUT2D eigenvalue weighted by Gasteiger charge is 2.25. The second kappa shape index (κ2) is 3.07. The van der Waals surface area contributed by atoms with E-state index >= 15 is 0 Å². The lowest BCUT2D eigenvalue weighted by atomic mass is 10.4. The Morgan fingerprint density at radius 3 is 2.44 bits per heavy atom. The monoisotopic (exact) mass is 161 g/mol. The van der Waals surface area contributed by atoms with Crippen LogP contribution in [0.3, 0.4) is 0 Å². The maximum Gasteiger partial charge on any atom is -0.00973 e. The van der Waals surface area contributed by atoms with Gasteiger partial charge in [-0.05, 0) is 31.3 Å². The third kappa shape index (κ3) is 1.98. The Bertz CT molecular complexity index is 105. The van der Waals surface area contributed by atoms with Crippen molar-refractivity contribution < 1.29 is 0 Å². The van der Waals surface area contributed by atoms with Crippen LogP contribution in [0.5, 0.6) is 0 Å². The first kappa shape index (κ1) is 7.63. The normalized spacial score (nSPS) is 24.1. The minimum atomic E-state index is -0.744. The Morgan fingerprint density at radius 2 is 2.00 bits per heavy atom. The summed E-state index contributed by atoms with van der Waals surface area (Å²) in [4.78, 5) is 0. The smallest absolute Gasteiger partial charge is 0.00973 e. The first-order valence-corrected chi connectivity index (χ1v) is 6.96. The highest BCUT2D eigenvalue weighted by Crippen LogP contribution is 2.67. The van der Waals surface area contributed by atoms with Gasteiger partial charge < -0.3 is 0 Å². The molecule has 0 saturated carbocycles. The van der Waals surface area contributed by atoms with Crippen LogP contribution in [0.1, 0.15) is 12.8 Å². The number of hydrogen-bond acceptors (Lipinski definition) is 1. The van der Waals surface area contributed by atoms with Crippen molar-refractivity contribution in [3.05, 3.63) is 12.7 Å². The van der Waals surface area contributed by atoms with Gasteiger partial charge in [-0.15, -0.1) is 6.58 Å². The molecule has 53 valence electrons. The van der Waals surface area contributed by atoms with Crippen LogP contribution in [0.4, 0.5) is 0 Å². The Balaban J connectivity index is 2.40. The minimum absolute atomic E-state index is 0.744. The van der Waals surface area contributed by atoms with Crippen LogP contribution in [-0.4, -0.2) is 18.5 Å². The Kier molecular flexibility index (Phi) is 2.60. The molecule has 0 aromatic heterocycles. The summed E-state index contributed by atoms with van der Waals surface area (Å²) in [5.74, 6) is 0. The van der Waals surface area contributed by atoms with Gasteiger partial charge in [-0.3, -0.25) is 0 Å². The molecule has 1 fully saturated rings. The standard InChI is InChI=1S/C7H14PS/c1-2-5-8(9)6-3-4-7-8/h2,9H,1,3-7H2. The average Bonchev–Trinajstić information content (AvgIpc) is 2.16. The Morgan fingerprint density at radius 1 is 1.44 bits per heavy atom. The summed E-state index contributed by atoms with van der Waals surface area (Å²) in [6.07, 6.45) is 8.82. The average molecular weight is 161 g/mol. The van der Waals surface area contributed by atoms with Gasteiger partial charge in [-0.2, -0.15) is 12.2 Å². The van der Waals surface area contributed by atoms with E-state index in [1.807, 2.05) is 6.08 Å². The molecular formula is C7H14PS. The van der Waals surface area contributed by atoms with E-state index in [0.29, 0.717) is 0 Å². The van der Waals surface area contributed by atoms with Crippen molar-refractivity contribution in [3.8, 4) is 0 Å². The van der Waals surface area contributed by atoms with Crippen molar-refractivity contribution in [1.29, 1.82) is 0 Å². The van der Waals surface area contributed by atoms with E-state index in [1.165, 1.54) is 31.3 Å². The van der Waals surface area contributed by atoms with Crippen LogP contribution in [0.15, 0.2) is 12.7 Å². The quantitative estimate of drug-likeness (QED) is 0.359. The summed E-state index contributed by atoms with van der Waals surface area (Å²) >= 11 is 4.70. The lowest BCUT2D eigenvalue weighted by Gasteiger charge is -2.22. The number of allylic oxidation sites excluding steroid dienone is 1. The molecule has 0 aliphatic carbocycles. The molecule has 0 bridgehead atoms. The van der Waals surface area contributed by atoms with Crippen molar-refractivity contribution in [3.63, 3.8) is 0 Å². The van der Waals surface area contributed by atoms with Crippen LogP contribution in [0.2, 0.25) is 0 Å². The molecule has 2 heteroatoms. The third-order valence-corrected chi connectivity index (χ3v) is 6.79. The van der Waals surface area contributed by atoms with Gasteiger partial charge in [0.25, 0.3) is 0 Å². The summed E-state index contributed by atoms with van der Waals surface area (Å²) in [7, 11) is 0. The molecule has 0 nitrogen and oxygen atoms in total. The van der Waals surface area contributed by atoms with Gasteiger partial charge in [0.1, 0.15) is 0 Å². The molecule has 0 atom stereocenters. The third-order valence-electron chi connectivity index (χ3n) is 1.87. The zero-order valence-electron chi connectivity index (χ0n) is 5.71. The maximum absolute atomic E-state index is 4.70. The zero-order chi connectivity index (χ0) is 6.74. The predicted octanol–water partition coefficient (Wildman–Crippen LogP) is 2.83. The Labute approximate surface area is 63.2 Å². The van der Waals surface area contributed by atoms with Gasteiger partial charge in [-0.1, -0.05) is 12.5 Å². The lowest BCUT2D eigenvalue weighted by Crippen LogP contribution is -1.89. The number of hydrogen-bond donors (Lipinski definition) is 1. The van der Waals surface area contributed by atoms with E-state index in [-0.39, 0.29) is 0 Å². The van der Waals surface area contributed by atoms with E-state index in [1.54, 1.807) is 0 Å². The fraction of sp³-hybridized carbons (Fsp3) is 0.714. The first-order valence-electron chi connectivity index (χ1n) is 3.47. The largest absolute Gasteiger partial charge is 0.156 e. The molecule has 9 heavy (non-hydrogen) atoms. The summed E-state index contributed by atoms with van der Waals surface area (Å²) in [6.45, 7) is 3.00. The fourth-order valence-corrected chi connectivity index (χ4v) is 5.24. The molecule has 1 radical (unpaired) electrons. The van der Waals surface area contributed by atoms with Crippen molar-refractivity contribution in [2.24, 2.45) is 0 Å². The van der Waals surface area contributed by atoms with Crippen molar-refractivity contribution in [2.75, 3.05) is 18.5 Å². The van der Waals surface area contributed by atoms with Crippen LogP contribution in [0, 0.1) is 0 Å². The van der Waals surface area contributed by atoms with Crippen LogP contribution in [-0.2, 0) is 0 Å². The van der Waals surface area contributed by atoms with Gasteiger partial charge in [0.15, 0.2) is 0 Å². The van der Waals surface area contributed by atoms with E-state index in [2.05, 4.69) is 6.58 Å². The molecule has 1 heterocycles. The highest BCUT2D eigenvalue weighted by atomic mass is 32.7. The second-order valence-corrected chi connectivity index (χ2v) is 8.72. The Hall–Kier alpha value is 0.520. The van der Waals surface area contributed by atoms with E-state index in [0.717, 1.165) is 0 Å². The highest BCUT2D eigenvalue weighted by molar-refractivity contribution is 8.53. The molecule has 0 amide bonds. The van der Waals surface area contributed by atoms with Crippen molar-refractivity contribution >= 4 is 18.7 Å². The topological polar surface area (TPSA) is 0 Å². The van der Waals surface area contributed by atoms with Gasteiger partial charge in [0.2, 0.25) is 0 Å². The predicted molar refractivity (Wildman–Crippen MR) is 49.9 cm³/mol. The number of rotatable bonds is 2. The zero-order valence-corrected chi connectivity index (χ0v) is 7.50. The van der Waals surface area contributed by atoms with Crippen LogP contribution >= 0.6 is 18.7 Å². The van der Waals surface area contributed by atoms with E-state index in [4.69, 9.17) is 12.2 Å². The van der Waals surface area contributed by atoms with Gasteiger partial charge in [0, 0.05) is 0 Å². The lowest BCUT2D eigenvalue weighted by molar-refractivity contribution is 0.949. The number of thiol groups is 1. The van der Waals surface area contributed by atoms with Gasteiger partial charge in [0.05, 0.1) is 0 Å². The summed E-state index contributed by atoms with van der Waals surface area (Å²) in [6, 6.07) is 0. The molecule has 1 aliphatic rings.